The van der Waals surface area contributed by atoms with Gasteiger partial charge in [-0.2, -0.15) is 0 Å². The smallest absolute Gasteiger partial charge is 0.261 e. The second-order valence-corrected chi connectivity index (χ2v) is 6.17. The van der Waals surface area contributed by atoms with Crippen molar-refractivity contribution in [2.75, 3.05) is 4.72 Å². The van der Waals surface area contributed by atoms with Gasteiger partial charge < -0.3 is 5.11 Å². The van der Waals surface area contributed by atoms with Gasteiger partial charge in [0, 0.05) is 6.20 Å². The number of hydrogen-bond acceptors (Lipinski definition) is 4. The number of benzene rings is 1. The van der Waals surface area contributed by atoms with E-state index >= 15 is 0 Å². The van der Waals surface area contributed by atoms with Crippen molar-refractivity contribution in [3.63, 3.8) is 0 Å². The van der Waals surface area contributed by atoms with Crippen molar-refractivity contribution in [3.8, 4) is 0 Å². The lowest BCUT2D eigenvalue weighted by Gasteiger charge is -2.11. The maximum absolute atomic E-state index is 12.3. The summed E-state index contributed by atoms with van der Waals surface area (Å²) in [4.78, 5) is 4.16. The Morgan fingerprint density at radius 1 is 1.25 bits per heavy atom. The Kier molecular flexibility index (Phi) is 4.06. The summed E-state index contributed by atoms with van der Waals surface area (Å²) >= 11 is 0. The first-order chi connectivity index (χ1) is 9.44. The molecule has 0 atom stereocenters. The molecule has 0 aliphatic rings. The van der Waals surface area contributed by atoms with Gasteiger partial charge in [0.15, 0.2) is 0 Å². The van der Waals surface area contributed by atoms with Crippen LogP contribution in [-0.2, 0) is 16.6 Å². The van der Waals surface area contributed by atoms with Gasteiger partial charge in [-0.05, 0) is 49.2 Å². The molecule has 2 N–H and O–H groups in total. The normalized spacial score (nSPS) is 11.3. The predicted octanol–water partition coefficient (Wildman–Crippen LogP) is 1.99. The molecule has 0 saturated heterocycles. The van der Waals surface area contributed by atoms with Crippen molar-refractivity contribution in [1.82, 2.24) is 4.98 Å². The number of nitrogens with one attached hydrogen (secondary N) is 1. The maximum atomic E-state index is 12.3. The first-order valence-electron chi connectivity index (χ1n) is 6.09. The number of nitrogens with zero attached hydrogens (tertiary/aromatic N) is 1. The number of sulfonamides is 1. The van der Waals surface area contributed by atoms with Gasteiger partial charge in [-0.25, -0.2) is 8.42 Å². The molecule has 0 amide bonds. The van der Waals surface area contributed by atoms with Crippen LogP contribution >= 0.6 is 0 Å². The van der Waals surface area contributed by atoms with Gasteiger partial charge >= 0.3 is 0 Å². The Balaban J connectivity index is 2.38. The van der Waals surface area contributed by atoms with Gasteiger partial charge in [0.2, 0.25) is 0 Å². The van der Waals surface area contributed by atoms with Crippen LogP contribution in [0.4, 0.5) is 5.69 Å². The lowest BCUT2D eigenvalue weighted by molar-refractivity contribution is 0.281. The average Bonchev–Trinajstić information content (AvgIpc) is 2.41. The van der Waals surface area contributed by atoms with Crippen LogP contribution in [0.25, 0.3) is 0 Å². The molecule has 0 aliphatic heterocycles. The quantitative estimate of drug-likeness (QED) is 0.903. The van der Waals surface area contributed by atoms with Crippen LogP contribution in [0.1, 0.15) is 16.8 Å². The van der Waals surface area contributed by atoms with Gasteiger partial charge in [-0.1, -0.05) is 6.07 Å². The zero-order valence-electron chi connectivity index (χ0n) is 11.3. The molecule has 20 heavy (non-hydrogen) atoms. The summed E-state index contributed by atoms with van der Waals surface area (Å²) in [5.41, 5.74) is 2.49. The topological polar surface area (TPSA) is 79.3 Å². The van der Waals surface area contributed by atoms with Crippen molar-refractivity contribution in [2.45, 2.75) is 25.3 Å². The van der Waals surface area contributed by atoms with E-state index in [1.165, 1.54) is 12.1 Å². The van der Waals surface area contributed by atoms with E-state index in [9.17, 15) is 13.5 Å². The van der Waals surface area contributed by atoms with Crippen LogP contribution < -0.4 is 4.72 Å². The molecular weight excluding hydrogens is 276 g/mol. The molecule has 0 spiro atoms. The second-order valence-electron chi connectivity index (χ2n) is 4.49. The predicted molar refractivity (Wildman–Crippen MR) is 76.9 cm³/mol. The minimum atomic E-state index is -3.69. The van der Waals surface area contributed by atoms with Gasteiger partial charge in [0.1, 0.15) is 0 Å². The van der Waals surface area contributed by atoms with E-state index in [0.29, 0.717) is 16.9 Å². The highest BCUT2D eigenvalue weighted by Crippen LogP contribution is 2.20. The molecule has 1 aromatic carbocycles. The largest absolute Gasteiger partial charge is 0.392 e. The Bertz CT molecular complexity index is 727. The zero-order chi connectivity index (χ0) is 14.8. The first kappa shape index (κ1) is 14.5. The molecule has 1 heterocycles. The number of anilines is 1. The summed E-state index contributed by atoms with van der Waals surface area (Å²) in [6.45, 7) is 3.36. The minimum Gasteiger partial charge on any atom is -0.392 e. The molecule has 2 aromatic rings. The van der Waals surface area contributed by atoms with E-state index in [4.69, 9.17) is 0 Å². The van der Waals surface area contributed by atoms with Crippen LogP contribution in [0.15, 0.2) is 41.4 Å². The van der Waals surface area contributed by atoms with Crippen LogP contribution in [0.5, 0.6) is 0 Å². The first-order valence-corrected chi connectivity index (χ1v) is 7.57. The number of aromatic nitrogens is 1. The lowest BCUT2D eigenvalue weighted by atomic mass is 10.1. The van der Waals surface area contributed by atoms with E-state index in [-0.39, 0.29) is 11.5 Å². The fourth-order valence-corrected chi connectivity index (χ4v) is 2.95. The third-order valence-electron chi connectivity index (χ3n) is 3.05. The monoisotopic (exact) mass is 292 g/mol. The van der Waals surface area contributed by atoms with Gasteiger partial charge in [0.05, 0.1) is 22.9 Å². The van der Waals surface area contributed by atoms with Crippen molar-refractivity contribution in [2.24, 2.45) is 0 Å². The number of pyridine rings is 1. The standard InChI is InChI=1S/C14H16N2O3S/c1-10-5-6-13(8-12(10)9-17)20(18,19)16-14-4-3-7-15-11(14)2/h3-8,16-17H,9H2,1-2H3. The SMILES string of the molecule is Cc1ccc(S(=O)(=O)Nc2cccnc2C)cc1CO. The molecule has 0 unspecified atom stereocenters. The highest BCUT2D eigenvalue weighted by molar-refractivity contribution is 7.92. The van der Waals surface area contributed by atoms with E-state index < -0.39 is 10.0 Å². The molecule has 0 saturated carbocycles. The van der Waals surface area contributed by atoms with E-state index in [2.05, 4.69) is 9.71 Å². The fourth-order valence-electron chi connectivity index (χ4n) is 1.78. The Morgan fingerprint density at radius 2 is 2.00 bits per heavy atom. The molecule has 5 nitrogen and oxygen atoms in total. The van der Waals surface area contributed by atoms with E-state index in [1.54, 1.807) is 31.3 Å². The van der Waals surface area contributed by atoms with Gasteiger partial charge in [-0.15, -0.1) is 0 Å². The molecule has 0 fully saturated rings. The van der Waals surface area contributed by atoms with Crippen LogP contribution in [-0.4, -0.2) is 18.5 Å². The minimum absolute atomic E-state index is 0.121. The third kappa shape index (κ3) is 2.97. The Hall–Kier alpha value is -1.92. The third-order valence-corrected chi connectivity index (χ3v) is 4.42. The van der Waals surface area contributed by atoms with E-state index in [1.807, 2.05) is 6.92 Å². The molecule has 2 rings (SSSR count). The summed E-state index contributed by atoms with van der Waals surface area (Å²) in [6.07, 6.45) is 1.60. The summed E-state index contributed by atoms with van der Waals surface area (Å²) < 4.78 is 27.1. The van der Waals surface area contributed by atoms with Crippen molar-refractivity contribution >= 4 is 15.7 Å². The molecule has 0 radical (unpaired) electrons. The Labute approximate surface area is 118 Å². The van der Waals surface area contributed by atoms with Crippen molar-refractivity contribution in [3.05, 3.63) is 53.3 Å². The average molecular weight is 292 g/mol. The van der Waals surface area contributed by atoms with Gasteiger partial charge in [-0.3, -0.25) is 9.71 Å². The van der Waals surface area contributed by atoms with Crippen LogP contribution in [0.3, 0.4) is 0 Å². The van der Waals surface area contributed by atoms with E-state index in [0.717, 1.165) is 5.56 Å². The molecule has 6 heteroatoms. The number of aliphatic hydroxyl groups is 1. The maximum Gasteiger partial charge on any atom is 0.261 e. The Morgan fingerprint density at radius 3 is 2.65 bits per heavy atom. The van der Waals surface area contributed by atoms with Crippen molar-refractivity contribution in [1.29, 1.82) is 0 Å². The van der Waals surface area contributed by atoms with Crippen LogP contribution in [0, 0.1) is 13.8 Å². The number of aryl methyl sites for hydroxylation is 2. The van der Waals surface area contributed by atoms with Crippen LogP contribution in [0.2, 0.25) is 0 Å². The lowest BCUT2D eigenvalue weighted by Crippen LogP contribution is -2.14. The number of hydrogen-bond donors (Lipinski definition) is 2. The summed E-state index contributed by atoms with van der Waals surface area (Å²) in [6, 6.07) is 7.99. The zero-order valence-corrected chi connectivity index (χ0v) is 12.1. The second kappa shape index (κ2) is 5.60. The molecule has 0 aliphatic carbocycles. The fraction of sp³-hybridized carbons (Fsp3) is 0.214. The summed E-state index contributed by atoms with van der Waals surface area (Å²) in [5, 5.41) is 9.22. The van der Waals surface area contributed by atoms with Crippen molar-refractivity contribution < 1.29 is 13.5 Å². The highest BCUT2D eigenvalue weighted by Gasteiger charge is 2.16. The molecule has 0 bridgehead atoms. The summed E-state index contributed by atoms with van der Waals surface area (Å²) in [5.74, 6) is 0. The molecule has 106 valence electrons. The molecule has 1 aromatic heterocycles. The summed E-state index contributed by atoms with van der Waals surface area (Å²) in [7, 11) is -3.69. The number of rotatable bonds is 4. The van der Waals surface area contributed by atoms with Gasteiger partial charge in [0.25, 0.3) is 10.0 Å². The number of aliphatic hydroxyl groups excluding tert-OH is 1. The molecular formula is C14H16N2O3S. The highest BCUT2D eigenvalue weighted by atomic mass is 32.2.